The quantitative estimate of drug-likeness (QED) is 0.930. The van der Waals surface area contributed by atoms with Crippen molar-refractivity contribution in [1.82, 2.24) is 25.1 Å². The first-order chi connectivity index (χ1) is 10.2. The van der Waals surface area contributed by atoms with Gasteiger partial charge in [0.2, 0.25) is 5.91 Å². The summed E-state index contributed by atoms with van der Waals surface area (Å²) in [4.78, 5) is 22.3. The highest BCUT2D eigenvalue weighted by Gasteiger charge is 2.22. The largest absolute Gasteiger partial charge is 0.343 e. The number of hydrogen-bond acceptors (Lipinski definition) is 4. The lowest BCUT2D eigenvalue weighted by atomic mass is 9.93. The van der Waals surface area contributed by atoms with Crippen LogP contribution < -0.4 is 0 Å². The number of aromatic nitrogens is 4. The Labute approximate surface area is 123 Å². The number of nitrogens with one attached hydrogen (secondary N) is 1. The number of rotatable bonds is 3. The van der Waals surface area contributed by atoms with E-state index < -0.39 is 0 Å². The van der Waals surface area contributed by atoms with Crippen LogP contribution in [0.5, 0.6) is 0 Å². The standard InChI is InChI=1S/C15H19N5O/c1-11(21)20-6-2-3-12(10-20)7-13-8-17-15(9-16-13)14-4-5-18-19-14/h4-5,8-9,12H,2-3,6-7,10H2,1H3,(H,18,19). The molecule has 0 aliphatic carbocycles. The van der Waals surface area contributed by atoms with E-state index in [0.717, 1.165) is 49.4 Å². The first kappa shape index (κ1) is 13.7. The molecule has 6 heteroatoms. The van der Waals surface area contributed by atoms with Crippen LogP contribution in [0.15, 0.2) is 24.7 Å². The van der Waals surface area contributed by atoms with Gasteiger partial charge in [0.05, 0.1) is 17.6 Å². The number of carbonyl (C=O) groups excluding carboxylic acids is 1. The molecule has 0 saturated carbocycles. The van der Waals surface area contributed by atoms with E-state index in [0.29, 0.717) is 5.92 Å². The Hall–Kier alpha value is -2.24. The second-order valence-electron chi connectivity index (χ2n) is 5.54. The van der Waals surface area contributed by atoms with Gasteiger partial charge < -0.3 is 4.90 Å². The van der Waals surface area contributed by atoms with Crippen LogP contribution in [0.25, 0.3) is 11.4 Å². The van der Waals surface area contributed by atoms with Gasteiger partial charge in [0.15, 0.2) is 0 Å². The molecule has 3 heterocycles. The summed E-state index contributed by atoms with van der Waals surface area (Å²) >= 11 is 0. The third-order valence-corrected chi connectivity index (χ3v) is 3.94. The molecule has 6 nitrogen and oxygen atoms in total. The highest BCUT2D eigenvalue weighted by Crippen LogP contribution is 2.20. The van der Waals surface area contributed by atoms with Crippen LogP contribution in [0, 0.1) is 5.92 Å². The van der Waals surface area contributed by atoms with E-state index in [2.05, 4.69) is 20.2 Å². The first-order valence-electron chi connectivity index (χ1n) is 7.28. The third-order valence-electron chi connectivity index (χ3n) is 3.94. The topological polar surface area (TPSA) is 74.8 Å². The summed E-state index contributed by atoms with van der Waals surface area (Å²) in [5, 5.41) is 6.79. The van der Waals surface area contributed by atoms with Crippen LogP contribution in [-0.4, -0.2) is 44.1 Å². The van der Waals surface area contributed by atoms with Crippen LogP contribution in [0.1, 0.15) is 25.5 Å². The molecular weight excluding hydrogens is 266 g/mol. The number of hydrogen-bond donors (Lipinski definition) is 1. The molecule has 2 aromatic heterocycles. The van der Waals surface area contributed by atoms with Gasteiger partial charge in [-0.1, -0.05) is 0 Å². The molecule has 1 amide bonds. The Bertz CT molecular complexity index is 593. The SMILES string of the molecule is CC(=O)N1CCCC(Cc2cnc(-c3ccn[nH]3)cn2)C1. The summed E-state index contributed by atoms with van der Waals surface area (Å²) in [7, 11) is 0. The highest BCUT2D eigenvalue weighted by atomic mass is 16.2. The lowest BCUT2D eigenvalue weighted by Crippen LogP contribution is -2.39. The van der Waals surface area contributed by atoms with E-state index >= 15 is 0 Å². The molecule has 110 valence electrons. The Kier molecular flexibility index (Phi) is 3.94. The predicted molar refractivity (Wildman–Crippen MR) is 78.3 cm³/mol. The fourth-order valence-corrected chi connectivity index (χ4v) is 2.81. The van der Waals surface area contributed by atoms with Crippen LogP contribution in [-0.2, 0) is 11.2 Å². The zero-order chi connectivity index (χ0) is 14.7. The van der Waals surface area contributed by atoms with Crippen molar-refractivity contribution < 1.29 is 4.79 Å². The van der Waals surface area contributed by atoms with Crippen molar-refractivity contribution in [2.75, 3.05) is 13.1 Å². The molecule has 1 aliphatic heterocycles. The Morgan fingerprint density at radius 2 is 2.33 bits per heavy atom. The van der Waals surface area contributed by atoms with Gasteiger partial charge in [0, 0.05) is 32.4 Å². The van der Waals surface area contributed by atoms with E-state index in [-0.39, 0.29) is 5.91 Å². The molecule has 0 spiro atoms. The molecule has 0 radical (unpaired) electrons. The summed E-state index contributed by atoms with van der Waals surface area (Å²) < 4.78 is 0. The smallest absolute Gasteiger partial charge is 0.219 e. The van der Waals surface area contributed by atoms with Gasteiger partial charge in [-0.25, -0.2) is 0 Å². The number of nitrogens with zero attached hydrogens (tertiary/aromatic N) is 4. The zero-order valence-electron chi connectivity index (χ0n) is 12.1. The summed E-state index contributed by atoms with van der Waals surface area (Å²) in [5.41, 5.74) is 2.65. The third kappa shape index (κ3) is 3.26. The Morgan fingerprint density at radius 3 is 3.00 bits per heavy atom. The molecule has 1 atom stereocenters. The molecule has 1 unspecified atom stereocenters. The average molecular weight is 285 g/mol. The van der Waals surface area contributed by atoms with E-state index in [1.54, 1.807) is 19.3 Å². The minimum absolute atomic E-state index is 0.167. The van der Waals surface area contributed by atoms with Crippen molar-refractivity contribution in [2.24, 2.45) is 5.92 Å². The first-order valence-corrected chi connectivity index (χ1v) is 7.28. The summed E-state index contributed by atoms with van der Waals surface area (Å²) in [6.07, 6.45) is 8.39. The maximum atomic E-state index is 11.5. The number of H-pyrrole nitrogens is 1. The van der Waals surface area contributed by atoms with Gasteiger partial charge in [-0.15, -0.1) is 0 Å². The second kappa shape index (κ2) is 6.03. The van der Waals surface area contributed by atoms with Crippen LogP contribution in [0.2, 0.25) is 0 Å². The van der Waals surface area contributed by atoms with Gasteiger partial charge in [-0.2, -0.15) is 5.10 Å². The number of carbonyl (C=O) groups is 1. The molecule has 21 heavy (non-hydrogen) atoms. The van der Waals surface area contributed by atoms with Crippen LogP contribution in [0.4, 0.5) is 0 Å². The van der Waals surface area contributed by atoms with Crippen molar-refractivity contribution >= 4 is 5.91 Å². The molecule has 0 bridgehead atoms. The number of aromatic amines is 1. The van der Waals surface area contributed by atoms with Gasteiger partial charge in [-0.05, 0) is 31.2 Å². The van der Waals surface area contributed by atoms with Gasteiger partial charge in [0.1, 0.15) is 5.69 Å². The molecule has 1 fully saturated rings. The van der Waals surface area contributed by atoms with E-state index in [9.17, 15) is 4.79 Å². The lowest BCUT2D eigenvalue weighted by Gasteiger charge is -2.31. The van der Waals surface area contributed by atoms with Crippen molar-refractivity contribution in [1.29, 1.82) is 0 Å². The van der Waals surface area contributed by atoms with E-state index in [1.165, 1.54) is 0 Å². The van der Waals surface area contributed by atoms with Crippen LogP contribution in [0.3, 0.4) is 0 Å². The van der Waals surface area contributed by atoms with Gasteiger partial charge in [-0.3, -0.25) is 19.9 Å². The van der Waals surface area contributed by atoms with E-state index in [1.807, 2.05) is 17.2 Å². The van der Waals surface area contributed by atoms with E-state index in [4.69, 9.17) is 0 Å². The molecule has 2 aromatic rings. The molecular formula is C15H19N5O. The number of amides is 1. The minimum Gasteiger partial charge on any atom is -0.343 e. The molecule has 1 saturated heterocycles. The molecule has 3 rings (SSSR count). The molecule has 1 N–H and O–H groups in total. The number of piperidine rings is 1. The van der Waals surface area contributed by atoms with Crippen molar-refractivity contribution in [2.45, 2.75) is 26.2 Å². The summed E-state index contributed by atoms with van der Waals surface area (Å²) in [5.74, 6) is 0.648. The molecule has 1 aliphatic rings. The highest BCUT2D eigenvalue weighted by molar-refractivity contribution is 5.73. The summed E-state index contributed by atoms with van der Waals surface area (Å²) in [6, 6.07) is 1.87. The van der Waals surface area contributed by atoms with Gasteiger partial charge >= 0.3 is 0 Å². The maximum absolute atomic E-state index is 11.5. The Morgan fingerprint density at radius 1 is 1.43 bits per heavy atom. The fourth-order valence-electron chi connectivity index (χ4n) is 2.81. The lowest BCUT2D eigenvalue weighted by molar-refractivity contribution is -0.130. The normalized spacial score (nSPS) is 18.7. The average Bonchev–Trinajstić information content (AvgIpc) is 3.02. The maximum Gasteiger partial charge on any atom is 0.219 e. The predicted octanol–water partition coefficient (Wildman–Crippen LogP) is 1.67. The van der Waals surface area contributed by atoms with Crippen molar-refractivity contribution in [3.05, 3.63) is 30.4 Å². The molecule has 0 aromatic carbocycles. The van der Waals surface area contributed by atoms with Crippen molar-refractivity contribution in [3.63, 3.8) is 0 Å². The van der Waals surface area contributed by atoms with Crippen molar-refractivity contribution in [3.8, 4) is 11.4 Å². The van der Waals surface area contributed by atoms with Crippen LogP contribution >= 0.6 is 0 Å². The monoisotopic (exact) mass is 285 g/mol. The second-order valence-corrected chi connectivity index (χ2v) is 5.54. The van der Waals surface area contributed by atoms with Gasteiger partial charge in [0.25, 0.3) is 0 Å². The Balaban J connectivity index is 1.64. The minimum atomic E-state index is 0.167. The fraction of sp³-hybridized carbons (Fsp3) is 0.467. The number of likely N-dealkylation sites (tertiary alicyclic amines) is 1. The summed E-state index contributed by atoms with van der Waals surface area (Å²) in [6.45, 7) is 3.36. The zero-order valence-corrected chi connectivity index (χ0v) is 12.1.